The Bertz CT molecular complexity index is 122. The zero-order valence-corrected chi connectivity index (χ0v) is 6.10. The van der Waals surface area contributed by atoms with E-state index in [0.717, 1.165) is 6.08 Å². The lowest BCUT2D eigenvalue weighted by atomic mass is 10.5. The number of aliphatic hydroxyl groups excluding tert-OH is 2. The van der Waals surface area contributed by atoms with Crippen molar-refractivity contribution in [1.82, 2.24) is 0 Å². The summed E-state index contributed by atoms with van der Waals surface area (Å²) in [4.78, 5) is 9.25. The Kier molecular flexibility index (Phi) is 13.3. The Morgan fingerprint density at radius 2 is 1.55 bits per heavy atom. The molecular weight excluding hydrogens is 148 g/mol. The third-order valence-corrected chi connectivity index (χ3v) is 0.552. The average Bonchev–Trinajstić information content (AvgIpc) is 2.02. The van der Waals surface area contributed by atoms with Crippen LogP contribution in [0.15, 0.2) is 24.8 Å². The molecule has 0 amide bonds. The minimum atomic E-state index is -0.981. The molecule has 0 rings (SSSR count). The molecule has 0 aliphatic rings. The third-order valence-electron chi connectivity index (χ3n) is 0.552. The molecule has 0 aromatic heterocycles. The topological polar surface area (TPSA) is 77.8 Å². The van der Waals surface area contributed by atoms with E-state index in [4.69, 9.17) is 15.3 Å². The van der Waals surface area contributed by atoms with Gasteiger partial charge < -0.3 is 15.3 Å². The van der Waals surface area contributed by atoms with Crippen LogP contribution in [-0.2, 0) is 4.79 Å². The number of carboxylic acids is 1. The summed E-state index contributed by atoms with van der Waals surface area (Å²) in [6.07, 6.45) is 3.81. The van der Waals surface area contributed by atoms with Gasteiger partial charge in [-0.25, -0.2) is 4.79 Å². The number of carbonyl (C=O) groups is 1. The summed E-state index contributed by atoms with van der Waals surface area (Å²) in [6, 6.07) is 0. The molecule has 0 saturated heterocycles. The lowest BCUT2D eigenvalue weighted by Crippen LogP contribution is -1.82. The standard InChI is InChI=1S/C4H8O2.C3H4O2/c5-3-1-2-4-6;1-2-3(4)5/h1-2,5-6H,3-4H2;2H,1H2,(H,4,5). The maximum Gasteiger partial charge on any atom is 0.327 e. The molecule has 0 aliphatic heterocycles. The van der Waals surface area contributed by atoms with Gasteiger partial charge in [0.2, 0.25) is 0 Å². The molecule has 0 spiro atoms. The van der Waals surface area contributed by atoms with E-state index < -0.39 is 5.97 Å². The Hall–Kier alpha value is -1.13. The zero-order chi connectivity index (χ0) is 9.11. The minimum absolute atomic E-state index is 0.0144. The van der Waals surface area contributed by atoms with Crippen molar-refractivity contribution in [2.24, 2.45) is 0 Å². The van der Waals surface area contributed by atoms with Crippen LogP contribution in [0.3, 0.4) is 0 Å². The number of hydrogen-bond donors (Lipinski definition) is 3. The van der Waals surface area contributed by atoms with Gasteiger partial charge in [-0.2, -0.15) is 0 Å². The molecule has 0 bridgehead atoms. The van der Waals surface area contributed by atoms with E-state index in [0.29, 0.717) is 0 Å². The van der Waals surface area contributed by atoms with Crippen molar-refractivity contribution in [1.29, 1.82) is 0 Å². The van der Waals surface area contributed by atoms with Crippen molar-refractivity contribution in [3.63, 3.8) is 0 Å². The van der Waals surface area contributed by atoms with Crippen LogP contribution < -0.4 is 0 Å². The number of carboxylic acid groups (broad SMARTS) is 1. The minimum Gasteiger partial charge on any atom is -0.478 e. The SMILES string of the molecule is C=CC(=O)O.OCC=CCO. The molecule has 4 nitrogen and oxygen atoms in total. The summed E-state index contributed by atoms with van der Waals surface area (Å²) >= 11 is 0. The van der Waals surface area contributed by atoms with Gasteiger partial charge in [0.05, 0.1) is 13.2 Å². The molecule has 0 aromatic rings. The van der Waals surface area contributed by atoms with Crippen LogP contribution in [0.25, 0.3) is 0 Å². The Morgan fingerprint density at radius 3 is 1.64 bits per heavy atom. The van der Waals surface area contributed by atoms with E-state index in [2.05, 4.69) is 6.58 Å². The molecule has 0 saturated carbocycles. The molecule has 0 unspecified atom stereocenters. The number of rotatable bonds is 3. The lowest BCUT2D eigenvalue weighted by Gasteiger charge is -1.73. The number of aliphatic carboxylic acids is 1. The van der Waals surface area contributed by atoms with Gasteiger partial charge in [0.1, 0.15) is 0 Å². The molecular formula is C7H12O4. The molecule has 4 heteroatoms. The molecule has 0 heterocycles. The van der Waals surface area contributed by atoms with Crippen LogP contribution in [0.2, 0.25) is 0 Å². The predicted octanol–water partition coefficient (Wildman–Crippen LogP) is -0.216. The fourth-order valence-electron chi connectivity index (χ4n) is 0.149. The average molecular weight is 160 g/mol. The van der Waals surface area contributed by atoms with Crippen molar-refractivity contribution < 1.29 is 20.1 Å². The Balaban J connectivity index is 0. The highest BCUT2D eigenvalue weighted by molar-refractivity contribution is 5.78. The monoisotopic (exact) mass is 160 g/mol. The summed E-state index contributed by atoms with van der Waals surface area (Å²) in [7, 11) is 0. The van der Waals surface area contributed by atoms with E-state index in [9.17, 15) is 4.79 Å². The van der Waals surface area contributed by atoms with Gasteiger partial charge in [-0.05, 0) is 0 Å². The second kappa shape index (κ2) is 11.6. The van der Waals surface area contributed by atoms with Gasteiger partial charge >= 0.3 is 5.97 Å². The largest absolute Gasteiger partial charge is 0.478 e. The van der Waals surface area contributed by atoms with Gasteiger partial charge in [-0.15, -0.1) is 0 Å². The molecule has 0 radical (unpaired) electrons. The maximum absolute atomic E-state index is 9.25. The molecule has 0 aliphatic carbocycles. The normalized spacial score (nSPS) is 8.55. The van der Waals surface area contributed by atoms with Crippen LogP contribution in [0.4, 0.5) is 0 Å². The predicted molar refractivity (Wildman–Crippen MR) is 41.1 cm³/mol. The summed E-state index contributed by atoms with van der Waals surface area (Å²) in [5.41, 5.74) is 0. The van der Waals surface area contributed by atoms with Gasteiger partial charge in [-0.1, -0.05) is 18.7 Å². The molecule has 0 aromatic carbocycles. The first kappa shape index (κ1) is 12.5. The number of aliphatic hydroxyl groups is 2. The quantitative estimate of drug-likeness (QED) is 0.394. The first-order chi connectivity index (χ1) is 5.18. The molecule has 0 atom stereocenters. The fourth-order valence-corrected chi connectivity index (χ4v) is 0.149. The van der Waals surface area contributed by atoms with Gasteiger partial charge in [0.15, 0.2) is 0 Å². The Morgan fingerprint density at radius 1 is 1.27 bits per heavy atom. The van der Waals surface area contributed by atoms with Gasteiger partial charge in [-0.3, -0.25) is 0 Å². The van der Waals surface area contributed by atoms with Crippen LogP contribution in [0.1, 0.15) is 0 Å². The zero-order valence-electron chi connectivity index (χ0n) is 6.10. The van der Waals surface area contributed by atoms with E-state index in [1.54, 1.807) is 0 Å². The van der Waals surface area contributed by atoms with Crippen LogP contribution >= 0.6 is 0 Å². The lowest BCUT2D eigenvalue weighted by molar-refractivity contribution is -0.131. The summed E-state index contributed by atoms with van der Waals surface area (Å²) in [5, 5.41) is 23.6. The van der Waals surface area contributed by atoms with E-state index in [-0.39, 0.29) is 13.2 Å². The second-order valence-electron chi connectivity index (χ2n) is 1.38. The van der Waals surface area contributed by atoms with Crippen LogP contribution in [0.5, 0.6) is 0 Å². The smallest absolute Gasteiger partial charge is 0.327 e. The number of hydrogen-bond acceptors (Lipinski definition) is 3. The molecule has 0 fully saturated rings. The van der Waals surface area contributed by atoms with Gasteiger partial charge in [0.25, 0.3) is 0 Å². The first-order valence-corrected chi connectivity index (χ1v) is 2.91. The summed E-state index contributed by atoms with van der Waals surface area (Å²) in [5.74, 6) is -0.981. The van der Waals surface area contributed by atoms with Gasteiger partial charge in [0, 0.05) is 6.08 Å². The van der Waals surface area contributed by atoms with Crippen molar-refractivity contribution in [2.45, 2.75) is 0 Å². The van der Waals surface area contributed by atoms with Crippen LogP contribution in [0, 0.1) is 0 Å². The third kappa shape index (κ3) is 28.0. The van der Waals surface area contributed by atoms with Crippen molar-refractivity contribution in [2.75, 3.05) is 13.2 Å². The van der Waals surface area contributed by atoms with Crippen LogP contribution in [-0.4, -0.2) is 34.5 Å². The highest BCUT2D eigenvalue weighted by Gasteiger charge is 1.73. The first-order valence-electron chi connectivity index (χ1n) is 2.91. The molecule has 64 valence electrons. The van der Waals surface area contributed by atoms with Crippen molar-refractivity contribution in [3.05, 3.63) is 24.8 Å². The van der Waals surface area contributed by atoms with E-state index in [1.807, 2.05) is 0 Å². The van der Waals surface area contributed by atoms with Crippen molar-refractivity contribution >= 4 is 5.97 Å². The van der Waals surface area contributed by atoms with Crippen molar-refractivity contribution in [3.8, 4) is 0 Å². The highest BCUT2D eigenvalue weighted by atomic mass is 16.4. The maximum atomic E-state index is 9.25. The van der Waals surface area contributed by atoms with E-state index >= 15 is 0 Å². The second-order valence-corrected chi connectivity index (χ2v) is 1.38. The Labute approximate surface area is 65.1 Å². The van der Waals surface area contributed by atoms with E-state index in [1.165, 1.54) is 12.2 Å². The molecule has 3 N–H and O–H groups in total. The summed E-state index contributed by atoms with van der Waals surface area (Å²) in [6.45, 7) is 2.99. The summed E-state index contributed by atoms with van der Waals surface area (Å²) < 4.78 is 0. The highest BCUT2D eigenvalue weighted by Crippen LogP contribution is 1.63. The molecule has 11 heavy (non-hydrogen) atoms. The fraction of sp³-hybridized carbons (Fsp3) is 0.286.